The van der Waals surface area contributed by atoms with Crippen LogP contribution in [-0.4, -0.2) is 42.0 Å². The first kappa shape index (κ1) is 16.0. The fourth-order valence-electron chi connectivity index (χ4n) is 2.94. The number of nitrogens with one attached hydrogen (secondary N) is 1. The Morgan fingerprint density at radius 3 is 2.87 bits per heavy atom. The molecule has 1 aliphatic rings. The Hall–Kier alpha value is -1.88. The van der Waals surface area contributed by atoms with Gasteiger partial charge in [0.15, 0.2) is 11.5 Å². The summed E-state index contributed by atoms with van der Waals surface area (Å²) in [5.74, 6) is 0.907. The number of hydrogen-bond donors (Lipinski definition) is 1. The van der Waals surface area contributed by atoms with Gasteiger partial charge in [0, 0.05) is 18.0 Å². The zero-order chi connectivity index (χ0) is 16.2. The standard InChI is InChI=1S/C18H25N3O2/c1-13(2)18-20-15-7-6-14(12-16(15)23-18)17(22)19-8-5-11-21-9-3-4-10-21/h6-7,12-13H,3-5,8-11H2,1-2H3,(H,19,22). The van der Waals surface area contributed by atoms with Crippen molar-refractivity contribution < 1.29 is 9.21 Å². The molecular weight excluding hydrogens is 290 g/mol. The summed E-state index contributed by atoms with van der Waals surface area (Å²) >= 11 is 0. The summed E-state index contributed by atoms with van der Waals surface area (Å²) in [6, 6.07) is 5.44. The highest BCUT2D eigenvalue weighted by Crippen LogP contribution is 2.22. The summed E-state index contributed by atoms with van der Waals surface area (Å²) in [6.07, 6.45) is 3.61. The molecule has 1 aromatic carbocycles. The van der Waals surface area contributed by atoms with Gasteiger partial charge in [0.05, 0.1) is 0 Å². The SMILES string of the molecule is CC(C)c1nc2ccc(C(=O)NCCCN3CCCC3)cc2o1. The van der Waals surface area contributed by atoms with Crippen molar-refractivity contribution in [3.8, 4) is 0 Å². The minimum absolute atomic E-state index is 0.0455. The number of likely N-dealkylation sites (tertiary alicyclic amines) is 1. The van der Waals surface area contributed by atoms with Crippen molar-refractivity contribution in [1.29, 1.82) is 0 Å². The highest BCUT2D eigenvalue weighted by molar-refractivity contribution is 5.96. The van der Waals surface area contributed by atoms with E-state index in [0.717, 1.165) is 18.5 Å². The number of rotatable bonds is 6. The molecule has 1 fully saturated rings. The maximum Gasteiger partial charge on any atom is 0.251 e. The topological polar surface area (TPSA) is 58.4 Å². The monoisotopic (exact) mass is 315 g/mol. The quantitative estimate of drug-likeness (QED) is 0.832. The zero-order valence-electron chi connectivity index (χ0n) is 14.0. The number of amides is 1. The van der Waals surface area contributed by atoms with Crippen molar-refractivity contribution in [1.82, 2.24) is 15.2 Å². The number of nitrogens with zero attached hydrogens (tertiary/aromatic N) is 2. The Labute approximate surface area is 137 Å². The number of oxazole rings is 1. The van der Waals surface area contributed by atoms with Gasteiger partial charge in [-0.05, 0) is 57.1 Å². The first-order chi connectivity index (χ1) is 11.1. The van der Waals surface area contributed by atoms with Crippen LogP contribution in [-0.2, 0) is 0 Å². The molecule has 5 heteroatoms. The Balaban J connectivity index is 1.55. The van der Waals surface area contributed by atoms with Gasteiger partial charge in [0.25, 0.3) is 5.91 Å². The van der Waals surface area contributed by atoms with Gasteiger partial charge < -0.3 is 14.6 Å². The highest BCUT2D eigenvalue weighted by atomic mass is 16.3. The second-order valence-electron chi connectivity index (χ2n) is 6.55. The molecule has 1 aromatic heterocycles. The van der Waals surface area contributed by atoms with Gasteiger partial charge in [-0.2, -0.15) is 0 Å². The molecule has 1 amide bonds. The van der Waals surface area contributed by atoms with Crippen LogP contribution in [0, 0.1) is 0 Å². The lowest BCUT2D eigenvalue weighted by atomic mass is 10.2. The van der Waals surface area contributed by atoms with Crippen LogP contribution in [0.2, 0.25) is 0 Å². The van der Waals surface area contributed by atoms with Crippen LogP contribution in [0.3, 0.4) is 0 Å². The van der Waals surface area contributed by atoms with Crippen LogP contribution < -0.4 is 5.32 Å². The van der Waals surface area contributed by atoms with Gasteiger partial charge in [-0.25, -0.2) is 4.98 Å². The molecule has 5 nitrogen and oxygen atoms in total. The molecule has 0 radical (unpaired) electrons. The molecule has 0 aliphatic carbocycles. The lowest BCUT2D eigenvalue weighted by Gasteiger charge is -2.14. The first-order valence-corrected chi connectivity index (χ1v) is 8.54. The molecule has 0 saturated carbocycles. The summed E-state index contributed by atoms with van der Waals surface area (Å²) in [4.78, 5) is 19.1. The van der Waals surface area contributed by atoms with Gasteiger partial charge >= 0.3 is 0 Å². The molecule has 1 saturated heterocycles. The van der Waals surface area contributed by atoms with Crippen LogP contribution >= 0.6 is 0 Å². The molecule has 0 unspecified atom stereocenters. The predicted molar refractivity (Wildman–Crippen MR) is 90.7 cm³/mol. The molecule has 124 valence electrons. The second kappa shape index (κ2) is 7.13. The van der Waals surface area contributed by atoms with Gasteiger partial charge in [0.1, 0.15) is 5.52 Å². The van der Waals surface area contributed by atoms with E-state index >= 15 is 0 Å². The van der Waals surface area contributed by atoms with Crippen molar-refractivity contribution in [2.75, 3.05) is 26.2 Å². The molecule has 1 aliphatic heterocycles. The van der Waals surface area contributed by atoms with Crippen LogP contribution in [0.25, 0.3) is 11.1 Å². The average molecular weight is 315 g/mol. The fraction of sp³-hybridized carbons (Fsp3) is 0.556. The van der Waals surface area contributed by atoms with Crippen molar-refractivity contribution in [3.05, 3.63) is 29.7 Å². The average Bonchev–Trinajstić information content (AvgIpc) is 3.19. The van der Waals surface area contributed by atoms with Crippen molar-refractivity contribution >= 4 is 17.0 Å². The number of hydrogen-bond acceptors (Lipinski definition) is 4. The van der Waals surface area contributed by atoms with E-state index in [2.05, 4.69) is 15.2 Å². The van der Waals surface area contributed by atoms with Gasteiger partial charge in [-0.3, -0.25) is 4.79 Å². The molecule has 0 atom stereocenters. The summed E-state index contributed by atoms with van der Waals surface area (Å²) in [5, 5.41) is 2.99. The van der Waals surface area contributed by atoms with E-state index in [1.165, 1.54) is 25.9 Å². The number of fused-ring (bicyclic) bond motifs is 1. The summed E-state index contributed by atoms with van der Waals surface area (Å²) in [6.45, 7) is 8.26. The first-order valence-electron chi connectivity index (χ1n) is 8.54. The molecule has 1 N–H and O–H groups in total. The lowest BCUT2D eigenvalue weighted by Crippen LogP contribution is -2.28. The van der Waals surface area contributed by atoms with Crippen molar-refractivity contribution in [2.45, 2.75) is 39.0 Å². The van der Waals surface area contributed by atoms with E-state index in [1.807, 2.05) is 26.0 Å². The maximum atomic E-state index is 12.2. The molecule has 23 heavy (non-hydrogen) atoms. The van der Waals surface area contributed by atoms with E-state index in [0.29, 0.717) is 23.6 Å². The largest absolute Gasteiger partial charge is 0.440 e. The number of aromatic nitrogens is 1. The van der Waals surface area contributed by atoms with Crippen molar-refractivity contribution in [2.24, 2.45) is 0 Å². The number of benzene rings is 1. The van der Waals surface area contributed by atoms with Gasteiger partial charge in [-0.1, -0.05) is 13.8 Å². The van der Waals surface area contributed by atoms with E-state index in [-0.39, 0.29) is 11.8 Å². The highest BCUT2D eigenvalue weighted by Gasteiger charge is 2.13. The minimum Gasteiger partial charge on any atom is -0.440 e. The zero-order valence-corrected chi connectivity index (χ0v) is 14.0. The Kier molecular flexibility index (Phi) is 4.96. The van der Waals surface area contributed by atoms with Crippen LogP contribution in [0.15, 0.2) is 22.6 Å². The van der Waals surface area contributed by atoms with Gasteiger partial charge in [-0.15, -0.1) is 0 Å². The Morgan fingerprint density at radius 2 is 2.13 bits per heavy atom. The van der Waals surface area contributed by atoms with E-state index in [9.17, 15) is 4.79 Å². The third-order valence-electron chi connectivity index (χ3n) is 4.30. The summed E-state index contributed by atoms with van der Waals surface area (Å²) < 4.78 is 5.72. The molecule has 0 spiro atoms. The maximum absolute atomic E-state index is 12.2. The van der Waals surface area contributed by atoms with Crippen LogP contribution in [0.1, 0.15) is 55.3 Å². The molecular formula is C18H25N3O2. The minimum atomic E-state index is -0.0455. The van der Waals surface area contributed by atoms with E-state index < -0.39 is 0 Å². The molecule has 3 rings (SSSR count). The summed E-state index contributed by atoms with van der Waals surface area (Å²) in [7, 11) is 0. The predicted octanol–water partition coefficient (Wildman–Crippen LogP) is 3.17. The van der Waals surface area contributed by atoms with Gasteiger partial charge in [0.2, 0.25) is 0 Å². The van der Waals surface area contributed by atoms with Crippen LogP contribution in [0.4, 0.5) is 0 Å². The molecule has 2 heterocycles. The summed E-state index contributed by atoms with van der Waals surface area (Å²) in [5.41, 5.74) is 2.11. The smallest absolute Gasteiger partial charge is 0.251 e. The molecule has 2 aromatic rings. The Bertz CT molecular complexity index is 672. The Morgan fingerprint density at radius 1 is 1.35 bits per heavy atom. The molecule has 0 bridgehead atoms. The lowest BCUT2D eigenvalue weighted by molar-refractivity contribution is 0.0952. The van der Waals surface area contributed by atoms with E-state index in [1.54, 1.807) is 6.07 Å². The van der Waals surface area contributed by atoms with Crippen molar-refractivity contribution in [3.63, 3.8) is 0 Å². The normalized spacial score (nSPS) is 15.6. The number of carbonyl (C=O) groups is 1. The van der Waals surface area contributed by atoms with E-state index in [4.69, 9.17) is 4.42 Å². The number of carbonyl (C=O) groups excluding carboxylic acids is 1. The third kappa shape index (κ3) is 3.91. The van der Waals surface area contributed by atoms with Crippen LogP contribution in [0.5, 0.6) is 0 Å². The fourth-order valence-corrected chi connectivity index (χ4v) is 2.94. The third-order valence-corrected chi connectivity index (χ3v) is 4.30. The second-order valence-corrected chi connectivity index (χ2v) is 6.55.